The third-order valence-electron chi connectivity index (χ3n) is 6.54. The number of hydrogen-bond acceptors (Lipinski definition) is 6. The van der Waals surface area contributed by atoms with Crippen molar-refractivity contribution < 1.29 is 24.7 Å². The maximum absolute atomic E-state index is 12.4. The normalized spacial score (nSPS) is 14.2. The molecular formula is C31H38N4O5. The van der Waals surface area contributed by atoms with Crippen LogP contribution in [0, 0.1) is 23.7 Å². The van der Waals surface area contributed by atoms with Crippen molar-refractivity contribution >= 4 is 23.4 Å². The van der Waals surface area contributed by atoms with Gasteiger partial charge in [-0.3, -0.25) is 24.5 Å². The van der Waals surface area contributed by atoms with Crippen LogP contribution in [0.5, 0.6) is 0 Å². The van der Waals surface area contributed by atoms with E-state index in [0.29, 0.717) is 18.2 Å². The molecular weight excluding hydrogens is 508 g/mol. The van der Waals surface area contributed by atoms with Gasteiger partial charge in [0.1, 0.15) is 6.04 Å². The number of aliphatic hydroxyl groups excluding tert-OH is 1. The van der Waals surface area contributed by atoms with Crippen molar-refractivity contribution in [1.82, 2.24) is 15.7 Å². The smallest absolute Gasteiger partial charge is 0.268 e. The fourth-order valence-electron chi connectivity index (χ4n) is 4.33. The highest BCUT2D eigenvalue weighted by molar-refractivity contribution is 5.97. The average molecular weight is 547 g/mol. The number of amides is 3. The van der Waals surface area contributed by atoms with Gasteiger partial charge in [0.15, 0.2) is 0 Å². The summed E-state index contributed by atoms with van der Waals surface area (Å²) in [5.74, 6) is 9.87. The fraction of sp³-hybridized carbons (Fsp3) is 0.387. The summed E-state index contributed by atoms with van der Waals surface area (Å²) in [5.41, 5.74) is 3.79. The first-order chi connectivity index (χ1) is 18.8. The van der Waals surface area contributed by atoms with E-state index in [4.69, 9.17) is 5.21 Å². The Balaban J connectivity index is 0.00000560. The van der Waals surface area contributed by atoms with Crippen LogP contribution >= 0.6 is 0 Å². The summed E-state index contributed by atoms with van der Waals surface area (Å²) in [6.45, 7) is 1.70. The Morgan fingerprint density at radius 1 is 0.950 bits per heavy atom. The Bertz CT molecular complexity index is 1260. The lowest BCUT2D eigenvalue weighted by atomic mass is 9.94. The molecule has 2 aromatic carbocycles. The van der Waals surface area contributed by atoms with Crippen LogP contribution in [-0.2, 0) is 9.59 Å². The zero-order chi connectivity index (χ0) is 28.2. The maximum Gasteiger partial charge on any atom is 0.268 e. The van der Waals surface area contributed by atoms with E-state index in [1.807, 2.05) is 31.3 Å². The quantitative estimate of drug-likeness (QED) is 0.197. The number of hydroxylamine groups is 1. The van der Waals surface area contributed by atoms with Crippen LogP contribution in [0.3, 0.4) is 0 Å². The van der Waals surface area contributed by atoms with Crippen molar-refractivity contribution in [2.75, 3.05) is 18.9 Å². The van der Waals surface area contributed by atoms with Crippen LogP contribution in [0.4, 0.5) is 5.69 Å². The molecule has 1 saturated carbocycles. The monoisotopic (exact) mass is 546 g/mol. The number of likely N-dealkylation sites (N-methyl/N-ethyl adjacent to an activating group) is 1. The van der Waals surface area contributed by atoms with Gasteiger partial charge in [-0.1, -0.05) is 38.5 Å². The zero-order valence-electron chi connectivity index (χ0n) is 22.2. The lowest BCUT2D eigenvalue weighted by Gasteiger charge is -2.30. The number of benzene rings is 2. The number of aliphatic hydroxyl groups is 1. The van der Waals surface area contributed by atoms with Crippen molar-refractivity contribution in [1.29, 1.82) is 0 Å². The highest BCUT2D eigenvalue weighted by Crippen LogP contribution is 2.21. The first kappa shape index (κ1) is 32.1. The van der Waals surface area contributed by atoms with Gasteiger partial charge >= 0.3 is 0 Å². The number of hydrogen-bond donors (Lipinski definition) is 5. The molecule has 0 heterocycles. The van der Waals surface area contributed by atoms with E-state index in [2.05, 4.69) is 39.2 Å². The summed E-state index contributed by atoms with van der Waals surface area (Å²) in [7, 11) is 2.01. The molecule has 3 amide bonds. The molecule has 212 valence electrons. The number of nitrogens with one attached hydrogen (secondary N) is 3. The van der Waals surface area contributed by atoms with Gasteiger partial charge in [-0.25, -0.2) is 5.48 Å². The molecule has 9 nitrogen and oxygen atoms in total. The van der Waals surface area contributed by atoms with Crippen LogP contribution in [0.2, 0.25) is 0 Å². The van der Waals surface area contributed by atoms with Gasteiger partial charge < -0.3 is 15.7 Å². The summed E-state index contributed by atoms with van der Waals surface area (Å²) in [6.07, 6.45) is 4.86. The molecule has 1 fully saturated rings. The van der Waals surface area contributed by atoms with Gasteiger partial charge in [-0.05, 0) is 87.2 Å². The average Bonchev–Trinajstić information content (AvgIpc) is 2.95. The second-order valence-electron chi connectivity index (χ2n) is 9.58. The minimum atomic E-state index is -1.30. The van der Waals surface area contributed by atoms with Crippen LogP contribution < -0.4 is 16.1 Å². The van der Waals surface area contributed by atoms with Crippen LogP contribution in [0.1, 0.15) is 67.9 Å². The summed E-state index contributed by atoms with van der Waals surface area (Å²) in [4.78, 5) is 38.5. The number of carbonyl (C=O) groups is 3. The zero-order valence-corrected chi connectivity index (χ0v) is 22.2. The largest absolute Gasteiger partial charge is 0.391 e. The van der Waals surface area contributed by atoms with Crippen LogP contribution in [0.25, 0.3) is 0 Å². The molecule has 1 aliphatic rings. The predicted octanol–water partition coefficient (Wildman–Crippen LogP) is 2.91. The SMILES string of the molecule is C.C[C@@H](O)[C@H](NC(=O)c1ccc(C#CC#Cc2ccc(NC(=O)CN(C)C3CCCCC3)cc2)cc1)C(=O)NO. The van der Waals surface area contributed by atoms with Crippen molar-refractivity contribution in [2.24, 2.45) is 0 Å². The third-order valence-corrected chi connectivity index (χ3v) is 6.54. The van der Waals surface area contributed by atoms with E-state index in [1.54, 1.807) is 12.1 Å². The lowest BCUT2D eigenvalue weighted by molar-refractivity contribution is -0.133. The summed E-state index contributed by atoms with van der Waals surface area (Å²) >= 11 is 0. The van der Waals surface area contributed by atoms with Gasteiger partial charge in [0.05, 0.1) is 12.6 Å². The number of carbonyl (C=O) groups excluding carboxylic acids is 3. The van der Waals surface area contributed by atoms with E-state index in [0.717, 1.165) is 24.1 Å². The van der Waals surface area contributed by atoms with Crippen LogP contribution in [0.15, 0.2) is 48.5 Å². The van der Waals surface area contributed by atoms with Gasteiger partial charge in [-0.15, -0.1) is 0 Å². The van der Waals surface area contributed by atoms with Gasteiger partial charge in [-0.2, -0.15) is 0 Å². The van der Waals surface area contributed by atoms with Gasteiger partial charge in [0.25, 0.3) is 11.8 Å². The van der Waals surface area contributed by atoms with Crippen LogP contribution in [-0.4, -0.2) is 64.7 Å². The van der Waals surface area contributed by atoms with E-state index in [-0.39, 0.29) is 18.9 Å². The topological polar surface area (TPSA) is 131 Å². The Morgan fingerprint density at radius 2 is 1.50 bits per heavy atom. The molecule has 0 unspecified atom stereocenters. The predicted molar refractivity (Wildman–Crippen MR) is 154 cm³/mol. The van der Waals surface area contributed by atoms with Crippen molar-refractivity contribution in [2.45, 2.75) is 64.6 Å². The van der Waals surface area contributed by atoms with E-state index < -0.39 is 24.0 Å². The second kappa shape index (κ2) is 16.1. The number of rotatable bonds is 8. The molecule has 9 heteroatoms. The molecule has 1 aliphatic carbocycles. The number of anilines is 1. The van der Waals surface area contributed by atoms with E-state index in [9.17, 15) is 19.5 Å². The molecule has 2 aromatic rings. The van der Waals surface area contributed by atoms with Crippen molar-refractivity contribution in [3.63, 3.8) is 0 Å². The van der Waals surface area contributed by atoms with Crippen molar-refractivity contribution in [3.8, 4) is 23.7 Å². The highest BCUT2D eigenvalue weighted by Gasteiger charge is 2.25. The molecule has 0 aliphatic heterocycles. The molecule has 0 bridgehead atoms. The Morgan fingerprint density at radius 3 is 2.02 bits per heavy atom. The Hall–Kier alpha value is -4.15. The summed E-state index contributed by atoms with van der Waals surface area (Å²) in [5, 5.41) is 23.7. The third kappa shape index (κ3) is 9.87. The Kier molecular flexibility index (Phi) is 12.9. The molecule has 40 heavy (non-hydrogen) atoms. The highest BCUT2D eigenvalue weighted by atomic mass is 16.5. The lowest BCUT2D eigenvalue weighted by Crippen LogP contribution is -2.51. The molecule has 0 saturated heterocycles. The Labute approximate surface area is 236 Å². The van der Waals surface area contributed by atoms with E-state index in [1.165, 1.54) is 43.8 Å². The molecule has 3 rings (SSSR count). The van der Waals surface area contributed by atoms with E-state index >= 15 is 0 Å². The minimum absolute atomic E-state index is 0. The molecule has 5 N–H and O–H groups in total. The second-order valence-corrected chi connectivity index (χ2v) is 9.58. The first-order valence-electron chi connectivity index (χ1n) is 12.9. The molecule has 0 spiro atoms. The summed E-state index contributed by atoms with van der Waals surface area (Å²) in [6, 6.07) is 12.8. The molecule has 2 atom stereocenters. The summed E-state index contributed by atoms with van der Waals surface area (Å²) < 4.78 is 0. The first-order valence-corrected chi connectivity index (χ1v) is 12.9. The van der Waals surface area contributed by atoms with Gasteiger partial charge in [0, 0.05) is 28.4 Å². The molecule has 0 aromatic heterocycles. The maximum atomic E-state index is 12.4. The number of nitrogens with zero attached hydrogens (tertiary/aromatic N) is 1. The molecule has 0 radical (unpaired) electrons. The van der Waals surface area contributed by atoms with Gasteiger partial charge in [0.2, 0.25) is 5.91 Å². The van der Waals surface area contributed by atoms with Crippen molar-refractivity contribution in [3.05, 3.63) is 65.2 Å². The minimum Gasteiger partial charge on any atom is -0.391 e. The fourth-order valence-corrected chi connectivity index (χ4v) is 4.33. The standard InChI is InChI=1S/C30H34N4O5.CH4/c1-21(35)28(30(38)33-39)32-29(37)24-16-12-22(13-17-24)8-6-7-9-23-14-18-25(19-15-23)31-27(36)20-34(2)26-10-4-3-5-11-26;/h12-19,21,26,28,35,39H,3-5,10-11,20H2,1-2H3,(H,31,36)(H,32,37)(H,33,38);1H4/t21-,28+;/m1./s1.